The Bertz CT molecular complexity index is 290. The van der Waals surface area contributed by atoms with E-state index in [1.807, 2.05) is 6.92 Å². The highest BCUT2D eigenvalue weighted by Gasteiger charge is 2.26. The SMILES string of the molecule is CCN1CCN(CC(=O)O)C(=O)CC1=O. The summed E-state index contributed by atoms with van der Waals surface area (Å²) in [6, 6.07) is 0. The van der Waals surface area contributed by atoms with Crippen LogP contribution in [0.5, 0.6) is 0 Å². The molecule has 0 bridgehead atoms. The molecule has 15 heavy (non-hydrogen) atoms. The van der Waals surface area contributed by atoms with Crippen LogP contribution in [0.3, 0.4) is 0 Å². The molecule has 0 aliphatic carbocycles. The number of hydrogen-bond acceptors (Lipinski definition) is 3. The molecule has 1 rings (SSSR count). The van der Waals surface area contributed by atoms with E-state index in [4.69, 9.17) is 5.11 Å². The first-order valence-electron chi connectivity index (χ1n) is 4.82. The van der Waals surface area contributed by atoms with E-state index in [0.29, 0.717) is 19.6 Å². The molecular weight excluding hydrogens is 200 g/mol. The zero-order valence-electron chi connectivity index (χ0n) is 8.60. The molecule has 0 atom stereocenters. The van der Waals surface area contributed by atoms with E-state index in [1.165, 1.54) is 4.90 Å². The van der Waals surface area contributed by atoms with Crippen LogP contribution < -0.4 is 0 Å². The van der Waals surface area contributed by atoms with Crippen LogP contribution in [0.25, 0.3) is 0 Å². The summed E-state index contributed by atoms with van der Waals surface area (Å²) >= 11 is 0. The Morgan fingerprint density at radius 3 is 2.33 bits per heavy atom. The molecule has 0 aromatic rings. The molecule has 0 radical (unpaired) electrons. The quantitative estimate of drug-likeness (QED) is 0.621. The minimum absolute atomic E-state index is 0.221. The summed E-state index contributed by atoms with van der Waals surface area (Å²) in [5, 5.41) is 8.57. The van der Waals surface area contributed by atoms with Crippen molar-refractivity contribution in [3.63, 3.8) is 0 Å². The van der Waals surface area contributed by atoms with Crippen LogP contribution in [0.1, 0.15) is 13.3 Å². The predicted molar refractivity (Wildman–Crippen MR) is 51.1 cm³/mol. The van der Waals surface area contributed by atoms with Gasteiger partial charge in [-0.1, -0.05) is 0 Å². The van der Waals surface area contributed by atoms with Crippen molar-refractivity contribution in [1.29, 1.82) is 0 Å². The van der Waals surface area contributed by atoms with Crippen molar-refractivity contribution in [3.05, 3.63) is 0 Å². The Hall–Kier alpha value is -1.59. The number of carbonyl (C=O) groups excluding carboxylic acids is 2. The van der Waals surface area contributed by atoms with Gasteiger partial charge in [0.2, 0.25) is 11.8 Å². The number of carbonyl (C=O) groups is 3. The molecule has 1 heterocycles. The van der Waals surface area contributed by atoms with Gasteiger partial charge in [0.05, 0.1) is 0 Å². The Kier molecular flexibility index (Phi) is 3.65. The van der Waals surface area contributed by atoms with Gasteiger partial charge in [0.1, 0.15) is 13.0 Å². The van der Waals surface area contributed by atoms with E-state index in [0.717, 1.165) is 0 Å². The zero-order valence-corrected chi connectivity index (χ0v) is 8.60. The molecule has 1 aliphatic rings. The summed E-state index contributed by atoms with van der Waals surface area (Å²) in [6.07, 6.45) is -0.221. The van der Waals surface area contributed by atoms with E-state index in [2.05, 4.69) is 0 Å². The lowest BCUT2D eigenvalue weighted by Gasteiger charge is -2.19. The molecule has 84 valence electrons. The number of nitrogens with zero attached hydrogens (tertiary/aromatic N) is 2. The summed E-state index contributed by atoms with van der Waals surface area (Å²) in [5.41, 5.74) is 0. The largest absolute Gasteiger partial charge is 0.480 e. The smallest absolute Gasteiger partial charge is 0.323 e. The second-order valence-electron chi connectivity index (χ2n) is 3.36. The Balaban J connectivity index is 2.67. The predicted octanol–water partition coefficient (Wildman–Crippen LogP) is -0.848. The van der Waals surface area contributed by atoms with E-state index in [9.17, 15) is 14.4 Å². The first kappa shape index (κ1) is 11.5. The average molecular weight is 214 g/mol. The lowest BCUT2D eigenvalue weighted by molar-refractivity contribution is -0.145. The fraction of sp³-hybridized carbons (Fsp3) is 0.667. The van der Waals surface area contributed by atoms with E-state index in [-0.39, 0.29) is 18.9 Å². The maximum absolute atomic E-state index is 11.4. The van der Waals surface area contributed by atoms with Crippen molar-refractivity contribution < 1.29 is 19.5 Å². The van der Waals surface area contributed by atoms with Crippen LogP contribution in [-0.2, 0) is 14.4 Å². The van der Waals surface area contributed by atoms with Gasteiger partial charge < -0.3 is 14.9 Å². The van der Waals surface area contributed by atoms with Gasteiger partial charge in [-0.2, -0.15) is 0 Å². The molecular formula is C9H14N2O4. The third-order valence-electron chi connectivity index (χ3n) is 2.36. The molecule has 1 aliphatic heterocycles. The van der Waals surface area contributed by atoms with Gasteiger partial charge in [0.15, 0.2) is 0 Å². The van der Waals surface area contributed by atoms with Crippen LogP contribution in [0.2, 0.25) is 0 Å². The number of likely N-dealkylation sites (N-methyl/N-ethyl adjacent to an activating group) is 1. The van der Waals surface area contributed by atoms with Gasteiger partial charge in [-0.05, 0) is 6.92 Å². The fourth-order valence-electron chi connectivity index (χ4n) is 1.51. The highest BCUT2D eigenvalue weighted by molar-refractivity contribution is 5.98. The minimum Gasteiger partial charge on any atom is -0.480 e. The van der Waals surface area contributed by atoms with E-state index in [1.54, 1.807) is 4.90 Å². The van der Waals surface area contributed by atoms with Gasteiger partial charge in [-0.3, -0.25) is 14.4 Å². The minimum atomic E-state index is -1.05. The Morgan fingerprint density at radius 2 is 1.80 bits per heavy atom. The number of carboxylic acids is 1. The molecule has 6 heteroatoms. The van der Waals surface area contributed by atoms with E-state index < -0.39 is 11.9 Å². The van der Waals surface area contributed by atoms with Crippen LogP contribution in [0.4, 0.5) is 0 Å². The monoisotopic (exact) mass is 214 g/mol. The van der Waals surface area contributed by atoms with E-state index >= 15 is 0 Å². The molecule has 0 unspecified atom stereocenters. The first-order valence-corrected chi connectivity index (χ1v) is 4.82. The summed E-state index contributed by atoms with van der Waals surface area (Å²) in [7, 11) is 0. The average Bonchev–Trinajstić information content (AvgIpc) is 2.27. The van der Waals surface area contributed by atoms with Crippen molar-refractivity contribution in [2.45, 2.75) is 13.3 Å². The number of rotatable bonds is 3. The molecule has 0 aromatic heterocycles. The fourth-order valence-corrected chi connectivity index (χ4v) is 1.51. The number of carboxylic acid groups (broad SMARTS) is 1. The second-order valence-corrected chi connectivity index (χ2v) is 3.36. The van der Waals surface area contributed by atoms with Gasteiger partial charge in [0, 0.05) is 19.6 Å². The van der Waals surface area contributed by atoms with Gasteiger partial charge >= 0.3 is 5.97 Å². The lowest BCUT2D eigenvalue weighted by Crippen LogP contribution is -2.37. The molecule has 0 aromatic carbocycles. The number of amides is 2. The number of hydrogen-bond donors (Lipinski definition) is 1. The third kappa shape index (κ3) is 2.93. The van der Waals surface area contributed by atoms with Crippen molar-refractivity contribution in [1.82, 2.24) is 9.80 Å². The Labute approximate surface area is 87.5 Å². The lowest BCUT2D eigenvalue weighted by atomic mass is 10.3. The van der Waals surface area contributed by atoms with Gasteiger partial charge in [0.25, 0.3) is 0 Å². The summed E-state index contributed by atoms with van der Waals surface area (Å²) in [4.78, 5) is 36.1. The topological polar surface area (TPSA) is 77.9 Å². The maximum atomic E-state index is 11.4. The molecule has 1 N–H and O–H groups in total. The molecule has 0 saturated carbocycles. The van der Waals surface area contributed by atoms with Crippen LogP contribution >= 0.6 is 0 Å². The third-order valence-corrected chi connectivity index (χ3v) is 2.36. The molecule has 1 saturated heterocycles. The van der Waals surface area contributed by atoms with Crippen molar-refractivity contribution in [3.8, 4) is 0 Å². The highest BCUT2D eigenvalue weighted by Crippen LogP contribution is 2.05. The zero-order chi connectivity index (χ0) is 11.4. The van der Waals surface area contributed by atoms with Crippen molar-refractivity contribution >= 4 is 17.8 Å². The molecule has 6 nitrogen and oxygen atoms in total. The maximum Gasteiger partial charge on any atom is 0.323 e. The highest BCUT2D eigenvalue weighted by atomic mass is 16.4. The standard InChI is InChI=1S/C9H14N2O4/c1-2-10-3-4-11(6-9(14)15)8(13)5-7(10)12/h2-6H2,1H3,(H,14,15). The van der Waals surface area contributed by atoms with Gasteiger partial charge in [-0.25, -0.2) is 0 Å². The second kappa shape index (κ2) is 4.77. The normalized spacial score (nSPS) is 17.9. The molecule has 1 fully saturated rings. The summed E-state index contributed by atoms with van der Waals surface area (Å²) < 4.78 is 0. The van der Waals surface area contributed by atoms with Gasteiger partial charge in [-0.15, -0.1) is 0 Å². The van der Waals surface area contributed by atoms with Crippen LogP contribution in [0.15, 0.2) is 0 Å². The van der Waals surface area contributed by atoms with Crippen LogP contribution in [-0.4, -0.2) is 58.9 Å². The molecule has 0 spiro atoms. The molecule has 2 amide bonds. The van der Waals surface area contributed by atoms with Crippen LogP contribution in [0, 0.1) is 0 Å². The summed E-state index contributed by atoms with van der Waals surface area (Å²) in [5.74, 6) is -1.69. The summed E-state index contributed by atoms with van der Waals surface area (Å²) in [6.45, 7) is 2.75. The number of aliphatic carboxylic acids is 1. The van der Waals surface area contributed by atoms with Crippen molar-refractivity contribution in [2.75, 3.05) is 26.2 Å². The first-order chi connectivity index (χ1) is 7.04. The Morgan fingerprint density at radius 1 is 1.27 bits per heavy atom. The van der Waals surface area contributed by atoms with Crippen molar-refractivity contribution in [2.24, 2.45) is 0 Å².